The van der Waals surface area contributed by atoms with Crippen LogP contribution < -0.4 is 5.73 Å². The number of para-hydroxylation sites is 1. The first-order valence-electron chi connectivity index (χ1n) is 6.36. The van der Waals surface area contributed by atoms with E-state index >= 15 is 0 Å². The summed E-state index contributed by atoms with van der Waals surface area (Å²) in [4.78, 5) is 11.5. The SMILES string of the molecule is Nc1c(Br)cccc1C(CC1CCCC1)C(=O)O. The van der Waals surface area contributed by atoms with Crippen LogP contribution in [0.1, 0.15) is 43.6 Å². The number of nitrogen functional groups attached to an aromatic ring is 1. The molecular formula is C14H18BrNO2. The van der Waals surface area contributed by atoms with Crippen LogP contribution in [-0.4, -0.2) is 11.1 Å². The van der Waals surface area contributed by atoms with Crippen molar-refractivity contribution >= 4 is 27.6 Å². The molecule has 1 aromatic rings. The fraction of sp³-hybridized carbons (Fsp3) is 0.500. The maximum absolute atomic E-state index is 11.5. The van der Waals surface area contributed by atoms with Gasteiger partial charge in [-0.15, -0.1) is 0 Å². The minimum atomic E-state index is -0.772. The maximum Gasteiger partial charge on any atom is 0.311 e. The second-order valence-corrected chi connectivity index (χ2v) is 5.87. The molecule has 0 amide bonds. The van der Waals surface area contributed by atoms with Crippen molar-refractivity contribution in [1.82, 2.24) is 0 Å². The van der Waals surface area contributed by atoms with Crippen LogP contribution in [0.5, 0.6) is 0 Å². The quantitative estimate of drug-likeness (QED) is 0.832. The van der Waals surface area contributed by atoms with E-state index in [0.29, 0.717) is 18.0 Å². The van der Waals surface area contributed by atoms with E-state index in [0.717, 1.165) is 22.9 Å². The number of nitrogens with two attached hydrogens (primary N) is 1. The van der Waals surface area contributed by atoms with Gasteiger partial charge in [0, 0.05) is 10.2 Å². The van der Waals surface area contributed by atoms with Crippen LogP contribution in [0, 0.1) is 5.92 Å². The van der Waals surface area contributed by atoms with Crippen molar-refractivity contribution in [2.45, 2.75) is 38.0 Å². The Labute approximate surface area is 116 Å². The molecule has 0 aliphatic heterocycles. The molecule has 0 bridgehead atoms. The highest BCUT2D eigenvalue weighted by Gasteiger charge is 2.27. The topological polar surface area (TPSA) is 63.3 Å². The summed E-state index contributed by atoms with van der Waals surface area (Å²) in [6, 6.07) is 5.52. The van der Waals surface area contributed by atoms with E-state index in [9.17, 15) is 9.90 Å². The van der Waals surface area contributed by atoms with Gasteiger partial charge >= 0.3 is 5.97 Å². The highest BCUT2D eigenvalue weighted by molar-refractivity contribution is 9.10. The fourth-order valence-corrected chi connectivity index (χ4v) is 3.18. The molecule has 4 heteroatoms. The maximum atomic E-state index is 11.5. The molecule has 0 aromatic heterocycles. The van der Waals surface area contributed by atoms with Crippen molar-refractivity contribution in [3.63, 3.8) is 0 Å². The van der Waals surface area contributed by atoms with Gasteiger partial charge in [-0.25, -0.2) is 0 Å². The zero-order chi connectivity index (χ0) is 13.1. The zero-order valence-corrected chi connectivity index (χ0v) is 11.8. The van der Waals surface area contributed by atoms with E-state index < -0.39 is 11.9 Å². The van der Waals surface area contributed by atoms with E-state index in [2.05, 4.69) is 15.9 Å². The molecule has 1 aromatic carbocycles. The predicted molar refractivity (Wildman–Crippen MR) is 75.5 cm³/mol. The molecule has 1 aliphatic rings. The molecule has 3 N–H and O–H groups in total. The first-order valence-corrected chi connectivity index (χ1v) is 7.15. The molecule has 18 heavy (non-hydrogen) atoms. The van der Waals surface area contributed by atoms with Crippen LogP contribution in [0.3, 0.4) is 0 Å². The van der Waals surface area contributed by atoms with Crippen LogP contribution in [0.4, 0.5) is 5.69 Å². The Balaban J connectivity index is 2.23. The number of aliphatic carboxylic acids is 1. The van der Waals surface area contributed by atoms with Gasteiger partial charge in [0.15, 0.2) is 0 Å². The van der Waals surface area contributed by atoms with Gasteiger partial charge in [0.2, 0.25) is 0 Å². The smallest absolute Gasteiger partial charge is 0.311 e. The average molecular weight is 312 g/mol. The summed E-state index contributed by atoms with van der Waals surface area (Å²) in [7, 11) is 0. The first-order chi connectivity index (χ1) is 8.59. The normalized spacial score (nSPS) is 17.8. The number of anilines is 1. The molecule has 0 radical (unpaired) electrons. The van der Waals surface area contributed by atoms with Crippen LogP contribution in [0.2, 0.25) is 0 Å². The molecule has 1 atom stereocenters. The Morgan fingerprint density at radius 2 is 2.11 bits per heavy atom. The zero-order valence-electron chi connectivity index (χ0n) is 10.2. The van der Waals surface area contributed by atoms with Crippen LogP contribution in [0.15, 0.2) is 22.7 Å². The summed E-state index contributed by atoms with van der Waals surface area (Å²) in [6.45, 7) is 0. The second-order valence-electron chi connectivity index (χ2n) is 5.02. The Morgan fingerprint density at radius 3 is 2.72 bits per heavy atom. The third-order valence-corrected chi connectivity index (χ3v) is 4.50. The Kier molecular flexibility index (Phi) is 4.27. The second kappa shape index (κ2) is 5.74. The highest BCUT2D eigenvalue weighted by atomic mass is 79.9. The minimum absolute atomic E-state index is 0.481. The lowest BCUT2D eigenvalue weighted by atomic mass is 9.87. The van der Waals surface area contributed by atoms with Crippen molar-refractivity contribution in [3.05, 3.63) is 28.2 Å². The Bertz CT molecular complexity index is 441. The van der Waals surface area contributed by atoms with Gasteiger partial charge in [-0.3, -0.25) is 4.79 Å². The van der Waals surface area contributed by atoms with Crippen molar-refractivity contribution < 1.29 is 9.90 Å². The average Bonchev–Trinajstić information content (AvgIpc) is 2.83. The summed E-state index contributed by atoms with van der Waals surface area (Å²) in [5.41, 5.74) is 7.28. The van der Waals surface area contributed by atoms with Gasteiger partial charge in [-0.2, -0.15) is 0 Å². The number of benzene rings is 1. The van der Waals surface area contributed by atoms with Crippen LogP contribution in [-0.2, 0) is 4.79 Å². The summed E-state index contributed by atoms with van der Waals surface area (Å²) >= 11 is 3.36. The number of carboxylic acid groups (broad SMARTS) is 1. The van der Waals surface area contributed by atoms with E-state index in [4.69, 9.17) is 5.73 Å². The van der Waals surface area contributed by atoms with Crippen LogP contribution in [0.25, 0.3) is 0 Å². The van der Waals surface area contributed by atoms with Crippen molar-refractivity contribution in [3.8, 4) is 0 Å². The van der Waals surface area contributed by atoms with Crippen molar-refractivity contribution in [1.29, 1.82) is 0 Å². The molecule has 98 valence electrons. The van der Waals surface area contributed by atoms with Gasteiger partial charge in [0.25, 0.3) is 0 Å². The first kappa shape index (κ1) is 13.4. The number of carbonyl (C=O) groups is 1. The van der Waals surface area contributed by atoms with Crippen molar-refractivity contribution in [2.75, 3.05) is 5.73 Å². The predicted octanol–water partition coefficient (Wildman–Crippen LogP) is 3.78. The Morgan fingerprint density at radius 1 is 1.44 bits per heavy atom. The lowest BCUT2D eigenvalue weighted by Crippen LogP contribution is -2.16. The largest absolute Gasteiger partial charge is 0.481 e. The van der Waals surface area contributed by atoms with Crippen LogP contribution >= 0.6 is 15.9 Å². The van der Waals surface area contributed by atoms with Gasteiger partial charge in [-0.05, 0) is 39.9 Å². The van der Waals surface area contributed by atoms with Crippen molar-refractivity contribution in [2.24, 2.45) is 5.92 Å². The lowest BCUT2D eigenvalue weighted by Gasteiger charge is -2.19. The monoisotopic (exact) mass is 311 g/mol. The number of carboxylic acids is 1. The van der Waals surface area contributed by atoms with E-state index in [1.54, 1.807) is 0 Å². The molecular weight excluding hydrogens is 294 g/mol. The molecule has 3 nitrogen and oxygen atoms in total. The molecule has 0 heterocycles. The number of rotatable bonds is 4. The molecule has 1 saturated carbocycles. The van der Waals surface area contributed by atoms with Gasteiger partial charge in [-0.1, -0.05) is 37.8 Å². The third-order valence-electron chi connectivity index (χ3n) is 3.80. The van der Waals surface area contributed by atoms with E-state index in [1.165, 1.54) is 12.8 Å². The number of halogens is 1. The van der Waals surface area contributed by atoms with Gasteiger partial charge < -0.3 is 10.8 Å². The van der Waals surface area contributed by atoms with Gasteiger partial charge in [0.05, 0.1) is 5.92 Å². The molecule has 0 spiro atoms. The third kappa shape index (κ3) is 2.86. The standard InChI is InChI=1S/C14H18BrNO2/c15-12-7-3-6-10(13(12)16)11(14(17)18)8-9-4-1-2-5-9/h3,6-7,9,11H,1-2,4-5,8,16H2,(H,17,18). The Hall–Kier alpha value is -1.03. The summed E-state index contributed by atoms with van der Waals surface area (Å²) in [6.07, 6.45) is 5.46. The molecule has 1 aliphatic carbocycles. The summed E-state index contributed by atoms with van der Waals surface area (Å²) in [5, 5.41) is 9.43. The lowest BCUT2D eigenvalue weighted by molar-refractivity contribution is -0.139. The van der Waals surface area contributed by atoms with E-state index in [1.807, 2.05) is 18.2 Å². The summed E-state index contributed by atoms with van der Waals surface area (Å²) < 4.78 is 0.776. The molecule has 1 unspecified atom stereocenters. The number of hydrogen-bond donors (Lipinski definition) is 2. The number of hydrogen-bond acceptors (Lipinski definition) is 2. The molecule has 1 fully saturated rings. The minimum Gasteiger partial charge on any atom is -0.481 e. The summed E-state index contributed by atoms with van der Waals surface area (Å²) in [5.74, 6) is -0.721. The molecule has 0 saturated heterocycles. The fourth-order valence-electron chi connectivity index (χ4n) is 2.80. The van der Waals surface area contributed by atoms with Gasteiger partial charge in [0.1, 0.15) is 0 Å². The molecule has 2 rings (SSSR count). The highest BCUT2D eigenvalue weighted by Crippen LogP contribution is 2.37. The van der Waals surface area contributed by atoms with E-state index in [-0.39, 0.29) is 0 Å².